The first-order valence-electron chi connectivity index (χ1n) is 7.97. The van der Waals surface area contributed by atoms with Crippen LogP contribution in [0.15, 0.2) is 48.8 Å². The second-order valence-electron chi connectivity index (χ2n) is 5.80. The molecule has 2 N–H and O–H groups in total. The highest BCUT2D eigenvalue weighted by Crippen LogP contribution is 2.22. The molecule has 6 heteroatoms. The van der Waals surface area contributed by atoms with Crippen LogP contribution in [0.2, 0.25) is 5.02 Å². The molecule has 3 rings (SSSR count). The maximum Gasteiger partial charge on any atom is 0.163 e. The molecule has 3 aromatic rings. The highest BCUT2D eigenvalue weighted by Gasteiger charge is 2.12. The zero-order valence-corrected chi connectivity index (χ0v) is 14.8. The minimum absolute atomic E-state index is 0.339. The van der Waals surface area contributed by atoms with Crippen LogP contribution in [0.3, 0.4) is 0 Å². The van der Waals surface area contributed by atoms with Gasteiger partial charge >= 0.3 is 0 Å². The van der Waals surface area contributed by atoms with Gasteiger partial charge in [-0.1, -0.05) is 23.7 Å². The molecule has 1 atom stereocenters. The summed E-state index contributed by atoms with van der Waals surface area (Å²) in [4.78, 5) is 13.2. The number of aryl methyl sites for hydroxylation is 1. The van der Waals surface area contributed by atoms with Gasteiger partial charge in [-0.3, -0.25) is 4.98 Å². The number of benzene rings is 1. The summed E-state index contributed by atoms with van der Waals surface area (Å²) in [6.45, 7) is 4.24. The summed E-state index contributed by atoms with van der Waals surface area (Å²) in [5.41, 5.74) is 3.49. The van der Waals surface area contributed by atoms with Gasteiger partial charge in [-0.15, -0.1) is 0 Å². The molecule has 0 radical (unpaired) electrons. The number of aliphatic hydroxyl groups excluding tert-OH is 1. The van der Waals surface area contributed by atoms with Crippen molar-refractivity contribution in [2.45, 2.75) is 20.0 Å². The largest absolute Gasteiger partial charge is 0.387 e. The van der Waals surface area contributed by atoms with E-state index in [1.54, 1.807) is 24.5 Å². The quantitative estimate of drug-likeness (QED) is 0.725. The van der Waals surface area contributed by atoms with E-state index in [1.807, 2.05) is 38.1 Å². The average Bonchev–Trinajstić information content (AvgIpc) is 2.64. The summed E-state index contributed by atoms with van der Waals surface area (Å²) in [6, 6.07) is 10.9. The number of nitrogens with zero attached hydrogens (tertiary/aromatic N) is 3. The van der Waals surface area contributed by atoms with Crippen LogP contribution in [0.5, 0.6) is 0 Å². The summed E-state index contributed by atoms with van der Waals surface area (Å²) < 4.78 is 0. The van der Waals surface area contributed by atoms with Crippen molar-refractivity contribution in [1.29, 1.82) is 0 Å². The van der Waals surface area contributed by atoms with Crippen molar-refractivity contribution in [3.05, 3.63) is 70.6 Å². The van der Waals surface area contributed by atoms with Crippen molar-refractivity contribution in [2.24, 2.45) is 0 Å². The van der Waals surface area contributed by atoms with Crippen molar-refractivity contribution < 1.29 is 5.11 Å². The van der Waals surface area contributed by atoms with Gasteiger partial charge < -0.3 is 10.4 Å². The first-order valence-corrected chi connectivity index (χ1v) is 8.35. The smallest absolute Gasteiger partial charge is 0.163 e. The fraction of sp³-hybridized carbons (Fsp3) is 0.211. The topological polar surface area (TPSA) is 70.9 Å². The number of aromatic nitrogens is 3. The lowest BCUT2D eigenvalue weighted by Gasteiger charge is -2.16. The maximum absolute atomic E-state index is 10.4. The molecule has 0 saturated carbocycles. The molecule has 128 valence electrons. The third-order valence-corrected chi connectivity index (χ3v) is 4.28. The van der Waals surface area contributed by atoms with E-state index < -0.39 is 6.10 Å². The Bertz CT molecular complexity index is 853. The molecule has 0 aliphatic rings. The highest BCUT2D eigenvalue weighted by atomic mass is 35.5. The summed E-state index contributed by atoms with van der Waals surface area (Å²) in [5.74, 6) is 1.32. The van der Waals surface area contributed by atoms with Crippen LogP contribution >= 0.6 is 11.6 Å². The van der Waals surface area contributed by atoms with Crippen molar-refractivity contribution >= 4 is 17.4 Å². The molecule has 5 nitrogen and oxygen atoms in total. The number of pyridine rings is 1. The first-order chi connectivity index (χ1) is 12.0. The first kappa shape index (κ1) is 17.3. The number of hydrogen-bond donors (Lipinski definition) is 2. The number of hydrogen-bond acceptors (Lipinski definition) is 5. The van der Waals surface area contributed by atoms with Crippen LogP contribution in [-0.2, 0) is 0 Å². The van der Waals surface area contributed by atoms with Crippen LogP contribution in [0.4, 0.5) is 5.82 Å². The minimum Gasteiger partial charge on any atom is -0.387 e. The summed E-state index contributed by atoms with van der Waals surface area (Å²) in [7, 11) is 0. The van der Waals surface area contributed by atoms with Crippen LogP contribution in [-0.4, -0.2) is 26.6 Å². The van der Waals surface area contributed by atoms with Crippen molar-refractivity contribution in [1.82, 2.24) is 15.0 Å². The third kappa shape index (κ3) is 4.13. The molecular weight excluding hydrogens is 336 g/mol. The lowest BCUT2D eigenvalue weighted by molar-refractivity contribution is 0.191. The van der Waals surface area contributed by atoms with E-state index in [4.69, 9.17) is 11.6 Å². The van der Waals surface area contributed by atoms with Gasteiger partial charge in [-0.05, 0) is 43.7 Å². The van der Waals surface area contributed by atoms with Crippen LogP contribution in [0.1, 0.15) is 22.9 Å². The predicted molar refractivity (Wildman–Crippen MR) is 99.6 cm³/mol. The van der Waals surface area contributed by atoms with Gasteiger partial charge in [0.1, 0.15) is 5.82 Å². The Balaban J connectivity index is 1.80. The van der Waals surface area contributed by atoms with E-state index in [2.05, 4.69) is 20.3 Å². The van der Waals surface area contributed by atoms with Crippen LogP contribution in [0, 0.1) is 13.8 Å². The zero-order valence-electron chi connectivity index (χ0n) is 14.1. The Morgan fingerprint density at radius 3 is 2.56 bits per heavy atom. The molecule has 1 aromatic carbocycles. The SMILES string of the molecule is Cc1nc(-c2cccnc2)nc(NCC(O)c2ccc(Cl)cc2)c1C. The number of halogens is 1. The molecule has 2 heterocycles. The van der Waals surface area contributed by atoms with E-state index in [1.165, 1.54) is 0 Å². The molecule has 25 heavy (non-hydrogen) atoms. The molecule has 0 saturated heterocycles. The lowest BCUT2D eigenvalue weighted by atomic mass is 10.1. The van der Waals surface area contributed by atoms with E-state index >= 15 is 0 Å². The molecule has 1 unspecified atom stereocenters. The number of anilines is 1. The molecule has 0 amide bonds. The molecule has 0 aliphatic carbocycles. The molecule has 2 aromatic heterocycles. The Kier molecular flexibility index (Phi) is 5.26. The monoisotopic (exact) mass is 354 g/mol. The standard InChI is InChI=1S/C19H19ClN4O/c1-12-13(2)23-19(15-4-3-9-21-10-15)24-18(12)22-11-17(25)14-5-7-16(20)8-6-14/h3-10,17,25H,11H2,1-2H3,(H,22,23,24). The van der Waals surface area contributed by atoms with Crippen LogP contribution < -0.4 is 5.32 Å². The lowest BCUT2D eigenvalue weighted by Crippen LogP contribution is -2.15. The highest BCUT2D eigenvalue weighted by molar-refractivity contribution is 6.30. The Hall–Kier alpha value is -2.50. The van der Waals surface area contributed by atoms with Crippen molar-refractivity contribution in [3.63, 3.8) is 0 Å². The van der Waals surface area contributed by atoms with Crippen molar-refractivity contribution in [3.8, 4) is 11.4 Å². The third-order valence-electron chi connectivity index (χ3n) is 4.03. The molecule has 0 bridgehead atoms. The Labute approximate surface area is 151 Å². The summed E-state index contributed by atoms with van der Waals surface area (Å²) in [6.07, 6.45) is 2.79. The second kappa shape index (κ2) is 7.59. The Morgan fingerprint density at radius 1 is 1.12 bits per heavy atom. The Morgan fingerprint density at radius 2 is 1.88 bits per heavy atom. The van der Waals surface area contributed by atoms with E-state index in [9.17, 15) is 5.11 Å². The van der Waals surface area contributed by atoms with E-state index in [-0.39, 0.29) is 0 Å². The fourth-order valence-corrected chi connectivity index (χ4v) is 2.55. The van der Waals surface area contributed by atoms with Gasteiger partial charge in [0.25, 0.3) is 0 Å². The number of rotatable bonds is 5. The van der Waals surface area contributed by atoms with Crippen LogP contribution in [0.25, 0.3) is 11.4 Å². The fourth-order valence-electron chi connectivity index (χ4n) is 2.42. The van der Waals surface area contributed by atoms with Gasteiger partial charge in [-0.25, -0.2) is 9.97 Å². The minimum atomic E-state index is -0.659. The van der Waals surface area contributed by atoms with Gasteiger partial charge in [-0.2, -0.15) is 0 Å². The number of aliphatic hydroxyl groups is 1. The van der Waals surface area contributed by atoms with Gasteiger partial charge in [0.05, 0.1) is 6.10 Å². The van der Waals surface area contributed by atoms with Crippen molar-refractivity contribution in [2.75, 3.05) is 11.9 Å². The molecular formula is C19H19ClN4O. The van der Waals surface area contributed by atoms with Gasteiger partial charge in [0, 0.05) is 40.8 Å². The molecule has 0 spiro atoms. The van der Waals surface area contributed by atoms with Gasteiger partial charge in [0.15, 0.2) is 5.82 Å². The van der Waals surface area contributed by atoms with Gasteiger partial charge in [0.2, 0.25) is 0 Å². The molecule has 0 fully saturated rings. The maximum atomic E-state index is 10.4. The normalized spacial score (nSPS) is 12.0. The zero-order chi connectivity index (χ0) is 17.8. The predicted octanol–water partition coefficient (Wildman–Crippen LogP) is 3.95. The van der Waals surface area contributed by atoms with E-state index in [0.717, 1.165) is 22.4 Å². The summed E-state index contributed by atoms with van der Waals surface area (Å²) in [5, 5.41) is 14.2. The second-order valence-corrected chi connectivity index (χ2v) is 6.23. The van der Waals surface area contributed by atoms with E-state index in [0.29, 0.717) is 23.2 Å². The average molecular weight is 355 g/mol. The molecule has 0 aliphatic heterocycles. The summed E-state index contributed by atoms with van der Waals surface area (Å²) >= 11 is 5.88. The number of nitrogens with one attached hydrogen (secondary N) is 1.